The Kier molecular flexibility index (Phi) is 6.46. The normalized spacial score (nSPS) is 13.6. The van der Waals surface area contributed by atoms with Crippen LogP contribution < -0.4 is 10.9 Å². The lowest BCUT2D eigenvalue weighted by Crippen LogP contribution is -2.46. The number of aromatic nitrogens is 2. The third-order valence-corrected chi connectivity index (χ3v) is 4.81. The number of rotatable bonds is 3. The lowest BCUT2D eigenvalue weighted by atomic mass is 10.0. The lowest BCUT2D eigenvalue weighted by molar-refractivity contribution is -0.0980. The number of fused-ring (bicyclic) bond motifs is 1. The van der Waals surface area contributed by atoms with Gasteiger partial charge in [-0.1, -0.05) is 24.3 Å². The molecular formula is C21H21FN4O3. The number of nitrogens with zero attached hydrogens (tertiary/aromatic N) is 2. The van der Waals surface area contributed by atoms with E-state index < -0.39 is 5.82 Å². The zero-order valence-corrected chi connectivity index (χ0v) is 15.8. The number of halogens is 1. The van der Waals surface area contributed by atoms with Crippen LogP contribution in [0.3, 0.4) is 0 Å². The van der Waals surface area contributed by atoms with Crippen LogP contribution in [0.25, 0.3) is 10.8 Å². The van der Waals surface area contributed by atoms with E-state index in [0.29, 0.717) is 43.7 Å². The molecule has 0 aliphatic carbocycles. The molecule has 0 spiro atoms. The molecule has 1 aromatic heterocycles. The van der Waals surface area contributed by atoms with Gasteiger partial charge in [0.05, 0.1) is 16.6 Å². The maximum Gasteiger partial charge on any atom is 0.272 e. The molecule has 1 aliphatic heterocycles. The van der Waals surface area contributed by atoms with Gasteiger partial charge in [-0.15, -0.1) is 0 Å². The van der Waals surface area contributed by atoms with Gasteiger partial charge in [0.1, 0.15) is 12.6 Å². The molecule has 8 heteroatoms. The summed E-state index contributed by atoms with van der Waals surface area (Å²) >= 11 is 0. The van der Waals surface area contributed by atoms with E-state index in [0.717, 1.165) is 10.9 Å². The summed E-state index contributed by atoms with van der Waals surface area (Å²) in [6, 6.07) is 11.8. The summed E-state index contributed by atoms with van der Waals surface area (Å²) in [5, 5.41) is 11.1. The SMILES string of the molecule is C=O.O=C(c1cc(Cc2n[nH]c(=O)c3ccccc23)ccc1F)N1CCNCC1. The molecule has 2 N–H and O–H groups in total. The van der Waals surface area contributed by atoms with Crippen molar-refractivity contribution in [2.45, 2.75) is 6.42 Å². The standard InChI is InChI=1S/C20H19FN4O2.CH2O/c21-17-6-5-13(11-16(17)20(27)25-9-7-22-8-10-25)12-18-14-3-1-2-4-15(14)19(26)24-23-18;1-2/h1-6,11,22H,7-10,12H2,(H,24,26);1H2. The fourth-order valence-corrected chi connectivity index (χ4v) is 3.38. The topological polar surface area (TPSA) is 95.2 Å². The van der Waals surface area contributed by atoms with Crippen LogP contribution in [0.15, 0.2) is 47.3 Å². The maximum atomic E-state index is 14.3. The Bertz CT molecular complexity index is 1080. The first-order valence-electron chi connectivity index (χ1n) is 9.17. The van der Waals surface area contributed by atoms with Gasteiger partial charge in [-0.3, -0.25) is 9.59 Å². The fourth-order valence-electron chi connectivity index (χ4n) is 3.38. The Labute approximate surface area is 166 Å². The minimum atomic E-state index is -0.526. The molecule has 0 bridgehead atoms. The number of amides is 1. The van der Waals surface area contributed by atoms with Crippen molar-refractivity contribution >= 4 is 23.5 Å². The zero-order chi connectivity index (χ0) is 20.8. The van der Waals surface area contributed by atoms with Gasteiger partial charge in [-0.05, 0) is 23.8 Å². The second-order valence-electron chi connectivity index (χ2n) is 6.58. The highest BCUT2D eigenvalue weighted by molar-refractivity contribution is 5.95. The van der Waals surface area contributed by atoms with E-state index in [4.69, 9.17) is 4.79 Å². The highest BCUT2D eigenvalue weighted by Gasteiger charge is 2.21. The van der Waals surface area contributed by atoms with E-state index in [1.54, 1.807) is 29.2 Å². The molecule has 1 amide bonds. The summed E-state index contributed by atoms with van der Waals surface area (Å²) in [7, 11) is 0. The molecule has 1 fully saturated rings. The number of benzene rings is 2. The molecule has 2 aromatic carbocycles. The quantitative estimate of drug-likeness (QED) is 0.700. The van der Waals surface area contributed by atoms with Crippen molar-refractivity contribution in [3.8, 4) is 0 Å². The molecule has 0 atom stereocenters. The van der Waals surface area contributed by atoms with Crippen LogP contribution in [0.1, 0.15) is 21.6 Å². The maximum absolute atomic E-state index is 14.3. The van der Waals surface area contributed by atoms with Crippen molar-refractivity contribution in [2.24, 2.45) is 0 Å². The molecule has 0 radical (unpaired) electrons. The molecule has 2 heterocycles. The van der Waals surface area contributed by atoms with Gasteiger partial charge in [0.25, 0.3) is 11.5 Å². The van der Waals surface area contributed by atoms with Crippen LogP contribution in [0, 0.1) is 5.82 Å². The highest BCUT2D eigenvalue weighted by Crippen LogP contribution is 2.19. The first-order valence-corrected chi connectivity index (χ1v) is 9.17. The van der Waals surface area contributed by atoms with Gasteiger partial charge in [0.15, 0.2) is 0 Å². The minimum Gasteiger partial charge on any atom is -0.336 e. The van der Waals surface area contributed by atoms with Gasteiger partial charge < -0.3 is 15.0 Å². The van der Waals surface area contributed by atoms with Crippen molar-refractivity contribution in [2.75, 3.05) is 26.2 Å². The van der Waals surface area contributed by atoms with Crippen molar-refractivity contribution < 1.29 is 14.0 Å². The minimum absolute atomic E-state index is 0.0723. The molecule has 150 valence electrons. The third-order valence-electron chi connectivity index (χ3n) is 4.81. The summed E-state index contributed by atoms with van der Waals surface area (Å²) in [6.45, 7) is 4.55. The largest absolute Gasteiger partial charge is 0.336 e. The Morgan fingerprint density at radius 2 is 1.79 bits per heavy atom. The van der Waals surface area contributed by atoms with Crippen molar-refractivity contribution in [1.82, 2.24) is 20.4 Å². The van der Waals surface area contributed by atoms with Crippen molar-refractivity contribution in [3.63, 3.8) is 0 Å². The Morgan fingerprint density at radius 3 is 2.52 bits per heavy atom. The number of piperazine rings is 1. The summed E-state index contributed by atoms with van der Waals surface area (Å²) < 4.78 is 14.3. The van der Waals surface area contributed by atoms with E-state index in [1.807, 2.05) is 18.9 Å². The second-order valence-corrected chi connectivity index (χ2v) is 6.58. The average Bonchev–Trinajstić information content (AvgIpc) is 2.78. The van der Waals surface area contributed by atoms with Gasteiger partial charge >= 0.3 is 0 Å². The molecule has 1 aliphatic rings. The van der Waals surface area contributed by atoms with Gasteiger partial charge in [0.2, 0.25) is 0 Å². The molecule has 7 nitrogen and oxygen atoms in total. The van der Waals surface area contributed by atoms with Crippen LogP contribution in [-0.2, 0) is 11.2 Å². The number of carbonyl (C=O) groups excluding carboxylic acids is 2. The molecule has 29 heavy (non-hydrogen) atoms. The number of nitrogens with one attached hydrogen (secondary N) is 2. The Morgan fingerprint density at radius 1 is 1.10 bits per heavy atom. The zero-order valence-electron chi connectivity index (χ0n) is 15.8. The summed E-state index contributed by atoms with van der Waals surface area (Å²) in [5.41, 5.74) is 1.27. The van der Waals surface area contributed by atoms with Crippen LogP contribution in [0.2, 0.25) is 0 Å². The first-order chi connectivity index (χ1) is 14.1. The van der Waals surface area contributed by atoms with E-state index in [-0.39, 0.29) is 17.0 Å². The van der Waals surface area contributed by atoms with Crippen molar-refractivity contribution in [1.29, 1.82) is 0 Å². The molecule has 0 saturated carbocycles. The van der Waals surface area contributed by atoms with Gasteiger partial charge in [-0.2, -0.15) is 5.10 Å². The Balaban J connectivity index is 0.00000117. The highest BCUT2D eigenvalue weighted by atomic mass is 19.1. The monoisotopic (exact) mass is 396 g/mol. The number of hydrogen-bond donors (Lipinski definition) is 2. The smallest absolute Gasteiger partial charge is 0.272 e. The number of hydrogen-bond acceptors (Lipinski definition) is 5. The van der Waals surface area contributed by atoms with Crippen LogP contribution in [0.5, 0.6) is 0 Å². The first kappa shape index (κ1) is 20.3. The number of H-pyrrole nitrogens is 1. The molecule has 1 saturated heterocycles. The predicted octanol–water partition coefficient (Wildman–Crippen LogP) is 1.51. The van der Waals surface area contributed by atoms with E-state index in [9.17, 15) is 14.0 Å². The summed E-state index contributed by atoms with van der Waals surface area (Å²) in [5.74, 6) is -0.822. The van der Waals surface area contributed by atoms with Crippen molar-refractivity contribution in [3.05, 3.63) is 75.5 Å². The predicted molar refractivity (Wildman–Crippen MR) is 107 cm³/mol. The van der Waals surface area contributed by atoms with Crippen LogP contribution >= 0.6 is 0 Å². The molecular weight excluding hydrogens is 375 g/mol. The van der Waals surface area contributed by atoms with Crippen LogP contribution in [0.4, 0.5) is 4.39 Å². The average molecular weight is 396 g/mol. The van der Waals surface area contributed by atoms with E-state index in [2.05, 4.69) is 15.5 Å². The fraction of sp³-hybridized carbons (Fsp3) is 0.238. The van der Waals surface area contributed by atoms with Gasteiger partial charge in [-0.25, -0.2) is 9.49 Å². The third kappa shape index (κ3) is 4.38. The molecule has 0 unspecified atom stereocenters. The number of carbonyl (C=O) groups is 2. The number of aromatic amines is 1. The summed E-state index contributed by atoms with van der Waals surface area (Å²) in [6.07, 6.45) is 0.388. The van der Waals surface area contributed by atoms with E-state index >= 15 is 0 Å². The van der Waals surface area contributed by atoms with Crippen LogP contribution in [-0.4, -0.2) is 54.0 Å². The molecule has 3 aromatic rings. The second kappa shape index (κ2) is 9.20. The molecule has 4 rings (SSSR count). The van der Waals surface area contributed by atoms with E-state index in [1.165, 1.54) is 6.07 Å². The summed E-state index contributed by atoms with van der Waals surface area (Å²) in [4.78, 5) is 34.3. The lowest BCUT2D eigenvalue weighted by Gasteiger charge is -2.27. The van der Waals surface area contributed by atoms with Gasteiger partial charge in [0, 0.05) is 38.0 Å². The Hall–Kier alpha value is -3.39.